The van der Waals surface area contributed by atoms with Gasteiger partial charge in [-0.15, -0.1) is 0 Å². The van der Waals surface area contributed by atoms with Gasteiger partial charge in [0.1, 0.15) is 6.04 Å². The molecule has 3 nitrogen and oxygen atoms in total. The van der Waals surface area contributed by atoms with E-state index in [-0.39, 0.29) is 18.2 Å². The molecule has 2 aliphatic rings. The van der Waals surface area contributed by atoms with Crippen LogP contribution in [0, 0.1) is 5.92 Å². The van der Waals surface area contributed by atoms with Crippen molar-refractivity contribution in [2.24, 2.45) is 5.92 Å². The van der Waals surface area contributed by atoms with Gasteiger partial charge in [-0.05, 0) is 36.8 Å². The number of hydrogen-bond acceptors (Lipinski definition) is 2. The minimum absolute atomic E-state index is 0.0494. The number of alkyl halides is 3. The molecule has 1 aromatic carbocycles. The van der Waals surface area contributed by atoms with Gasteiger partial charge < -0.3 is 5.11 Å². The number of halogens is 3. The lowest BCUT2D eigenvalue weighted by molar-refractivity contribution is -0.143. The lowest BCUT2D eigenvalue weighted by atomic mass is 9.84. The number of nitrogens with zero attached hydrogens (tertiary/aromatic N) is 1. The quantitative estimate of drug-likeness (QED) is 0.915. The number of rotatable bonds is 3. The molecule has 1 heterocycles. The predicted molar refractivity (Wildman–Crippen MR) is 78.8 cm³/mol. The second-order valence-corrected chi connectivity index (χ2v) is 6.53. The molecule has 0 aromatic heterocycles. The van der Waals surface area contributed by atoms with Gasteiger partial charge in [0.15, 0.2) is 0 Å². The van der Waals surface area contributed by atoms with Crippen LogP contribution >= 0.6 is 0 Å². The molecule has 1 saturated heterocycles. The fraction of sp³-hybridized carbons (Fsp3) is 0.588. The average Bonchev–Trinajstić information content (AvgIpc) is 2.86. The molecule has 0 amide bonds. The van der Waals surface area contributed by atoms with E-state index >= 15 is 0 Å². The summed E-state index contributed by atoms with van der Waals surface area (Å²) in [5.41, 5.74) is -0.499. The first-order valence-corrected chi connectivity index (χ1v) is 8.01. The zero-order chi connectivity index (χ0) is 16.6. The van der Waals surface area contributed by atoms with Gasteiger partial charge in [0.05, 0.1) is 5.56 Å². The number of carboxylic acids is 1. The van der Waals surface area contributed by atoms with Gasteiger partial charge in [-0.3, -0.25) is 9.69 Å². The maximum Gasteiger partial charge on any atom is 0.416 e. The number of hydrogen-bond donors (Lipinski definition) is 1. The Hall–Kier alpha value is -1.56. The van der Waals surface area contributed by atoms with Crippen molar-refractivity contribution in [1.82, 2.24) is 4.90 Å². The molecule has 1 saturated carbocycles. The number of carboxylic acid groups (broad SMARTS) is 1. The molecule has 126 valence electrons. The summed E-state index contributed by atoms with van der Waals surface area (Å²) >= 11 is 0. The van der Waals surface area contributed by atoms with Crippen molar-refractivity contribution < 1.29 is 23.1 Å². The number of carbonyl (C=O) groups is 1. The van der Waals surface area contributed by atoms with E-state index in [2.05, 4.69) is 0 Å². The summed E-state index contributed by atoms with van der Waals surface area (Å²) in [5.74, 6) is -0.633. The van der Waals surface area contributed by atoms with Crippen LogP contribution in [0.5, 0.6) is 0 Å². The van der Waals surface area contributed by atoms with Gasteiger partial charge in [-0.2, -0.15) is 13.2 Å². The summed E-state index contributed by atoms with van der Waals surface area (Å²) in [4.78, 5) is 13.4. The highest BCUT2D eigenvalue weighted by molar-refractivity contribution is 5.74. The summed E-state index contributed by atoms with van der Waals surface area (Å²) < 4.78 is 39.5. The molecule has 0 spiro atoms. The number of fused-ring (bicyclic) bond motifs is 1. The summed E-state index contributed by atoms with van der Waals surface area (Å²) in [7, 11) is 0. The fourth-order valence-electron chi connectivity index (χ4n) is 4.15. The van der Waals surface area contributed by atoms with Crippen molar-refractivity contribution in [2.45, 2.75) is 56.9 Å². The van der Waals surface area contributed by atoms with Crippen LogP contribution in [0.4, 0.5) is 13.2 Å². The molecule has 3 rings (SSSR count). The number of aliphatic carboxylic acids is 1. The Morgan fingerprint density at radius 3 is 2.61 bits per heavy atom. The molecule has 6 heteroatoms. The molecule has 1 aromatic rings. The lowest BCUT2D eigenvalue weighted by Crippen LogP contribution is -2.42. The van der Waals surface area contributed by atoms with Gasteiger partial charge >= 0.3 is 12.1 Å². The van der Waals surface area contributed by atoms with Crippen LogP contribution < -0.4 is 0 Å². The first-order valence-electron chi connectivity index (χ1n) is 8.01. The minimum Gasteiger partial charge on any atom is -0.480 e. The van der Waals surface area contributed by atoms with E-state index in [4.69, 9.17) is 0 Å². The lowest BCUT2D eigenvalue weighted by Gasteiger charge is -2.33. The summed E-state index contributed by atoms with van der Waals surface area (Å²) in [5, 5.41) is 9.47. The molecular weight excluding hydrogens is 307 g/mol. The van der Waals surface area contributed by atoms with Crippen molar-refractivity contribution in [1.29, 1.82) is 0 Å². The smallest absolute Gasteiger partial charge is 0.416 e. The van der Waals surface area contributed by atoms with Crippen LogP contribution in [0.3, 0.4) is 0 Å². The Labute approximate surface area is 133 Å². The normalized spacial score (nSPS) is 28.6. The molecular formula is C17H20F3NO2. The second kappa shape index (κ2) is 6.15. The molecule has 23 heavy (non-hydrogen) atoms. The Kier molecular flexibility index (Phi) is 4.36. The van der Waals surface area contributed by atoms with E-state index < -0.39 is 23.8 Å². The van der Waals surface area contributed by atoms with E-state index in [9.17, 15) is 23.1 Å². The third-order valence-electron chi connectivity index (χ3n) is 5.18. The molecule has 3 atom stereocenters. The number of likely N-dealkylation sites (tertiary alicyclic amines) is 1. The largest absolute Gasteiger partial charge is 0.480 e. The fourth-order valence-corrected chi connectivity index (χ4v) is 4.15. The zero-order valence-corrected chi connectivity index (χ0v) is 12.7. The average molecular weight is 327 g/mol. The highest BCUT2D eigenvalue weighted by atomic mass is 19.4. The van der Waals surface area contributed by atoms with Gasteiger partial charge in [0.2, 0.25) is 0 Å². The van der Waals surface area contributed by atoms with Crippen molar-refractivity contribution in [3.63, 3.8) is 0 Å². The van der Waals surface area contributed by atoms with E-state index in [0.29, 0.717) is 12.3 Å². The Morgan fingerprint density at radius 2 is 1.91 bits per heavy atom. The first-order chi connectivity index (χ1) is 10.9. The van der Waals surface area contributed by atoms with Crippen LogP contribution in [0.25, 0.3) is 0 Å². The maximum atomic E-state index is 13.2. The monoisotopic (exact) mass is 327 g/mol. The third-order valence-corrected chi connectivity index (χ3v) is 5.18. The number of benzene rings is 1. The summed E-state index contributed by atoms with van der Waals surface area (Å²) in [6.07, 6.45) is 0.0924. The van der Waals surface area contributed by atoms with Crippen LogP contribution in [-0.2, 0) is 17.5 Å². The van der Waals surface area contributed by atoms with Gasteiger partial charge in [-0.1, -0.05) is 31.0 Å². The Morgan fingerprint density at radius 1 is 1.22 bits per heavy atom. The van der Waals surface area contributed by atoms with Gasteiger partial charge in [0.25, 0.3) is 0 Å². The highest BCUT2D eigenvalue weighted by Crippen LogP contribution is 2.41. The SMILES string of the molecule is O=C(O)C1CC2CCCCC2N1Cc1ccccc1C(F)(F)F. The summed E-state index contributed by atoms with van der Waals surface area (Å²) in [6, 6.07) is 4.89. The van der Waals surface area contributed by atoms with Crippen molar-refractivity contribution in [3.05, 3.63) is 35.4 Å². The highest BCUT2D eigenvalue weighted by Gasteiger charge is 2.45. The van der Waals surface area contributed by atoms with E-state index in [0.717, 1.165) is 31.7 Å². The van der Waals surface area contributed by atoms with Crippen LogP contribution in [0.2, 0.25) is 0 Å². The second-order valence-electron chi connectivity index (χ2n) is 6.53. The molecule has 2 fully saturated rings. The van der Waals surface area contributed by atoms with Crippen LogP contribution in [-0.4, -0.2) is 28.1 Å². The first kappa shape index (κ1) is 16.3. The maximum absolute atomic E-state index is 13.2. The standard InChI is InChI=1S/C17H20F3NO2/c18-17(19,20)13-7-3-1-6-12(13)10-21-14-8-4-2-5-11(14)9-15(21)16(22)23/h1,3,6-7,11,14-15H,2,4-5,8-10H2,(H,22,23). The molecule has 3 unspecified atom stereocenters. The van der Waals surface area contributed by atoms with Gasteiger partial charge in [-0.25, -0.2) is 0 Å². The molecule has 0 radical (unpaired) electrons. The molecule has 1 aliphatic heterocycles. The van der Waals surface area contributed by atoms with Crippen LogP contribution in [0.15, 0.2) is 24.3 Å². The third kappa shape index (κ3) is 3.22. The van der Waals surface area contributed by atoms with Crippen molar-refractivity contribution >= 4 is 5.97 Å². The topological polar surface area (TPSA) is 40.5 Å². The zero-order valence-electron chi connectivity index (χ0n) is 12.7. The molecule has 0 bridgehead atoms. The van der Waals surface area contributed by atoms with Crippen LogP contribution in [0.1, 0.15) is 43.2 Å². The van der Waals surface area contributed by atoms with E-state index in [1.54, 1.807) is 11.0 Å². The Bertz CT molecular complexity index is 587. The predicted octanol–water partition coefficient (Wildman–Crippen LogP) is 3.92. The Balaban J connectivity index is 1.89. The minimum atomic E-state index is -4.42. The van der Waals surface area contributed by atoms with Crippen molar-refractivity contribution in [3.8, 4) is 0 Å². The van der Waals surface area contributed by atoms with Crippen molar-refractivity contribution in [2.75, 3.05) is 0 Å². The van der Waals surface area contributed by atoms with Gasteiger partial charge in [0, 0.05) is 12.6 Å². The van der Waals surface area contributed by atoms with E-state index in [1.165, 1.54) is 12.1 Å². The van der Waals surface area contributed by atoms with E-state index in [1.807, 2.05) is 0 Å². The summed E-state index contributed by atoms with van der Waals surface area (Å²) in [6.45, 7) is 0.0494. The molecule has 1 aliphatic carbocycles. The molecule has 1 N–H and O–H groups in total.